The molecular formula is C32H45NO2. The predicted molar refractivity (Wildman–Crippen MR) is 152 cm³/mol. The number of esters is 1. The number of hydrogen-bond acceptors (Lipinski definition) is 3. The monoisotopic (exact) mass is 475 g/mol. The standard InChI is InChI=1S/C32H45NO2/c1-3-4-5-6-7-8-9-10-11-12-13-14-15-16-17-18-19-20-21-22-27-33-28-29-35-32(34)31-25-23-30(2)24-26-31/h12-27,33H,3-11,28-29H2,1-2H3. The third-order valence-electron chi connectivity index (χ3n) is 5.34. The lowest BCUT2D eigenvalue weighted by atomic mass is 10.1. The Morgan fingerprint density at radius 3 is 1.91 bits per heavy atom. The molecule has 3 nitrogen and oxygen atoms in total. The molecule has 0 radical (unpaired) electrons. The highest BCUT2D eigenvalue weighted by molar-refractivity contribution is 5.89. The SMILES string of the molecule is CCCCCCCCCCC=CC=CC=CC=CC=CC=CNCCOC(=O)c1ccc(C)cc1. The first-order valence-electron chi connectivity index (χ1n) is 13.2. The minimum Gasteiger partial charge on any atom is -0.460 e. The zero-order valence-electron chi connectivity index (χ0n) is 21.8. The van der Waals surface area contributed by atoms with E-state index in [2.05, 4.69) is 30.5 Å². The van der Waals surface area contributed by atoms with Gasteiger partial charge in [0.1, 0.15) is 6.61 Å². The van der Waals surface area contributed by atoms with E-state index in [-0.39, 0.29) is 5.97 Å². The van der Waals surface area contributed by atoms with Gasteiger partial charge in [0.25, 0.3) is 0 Å². The first kappa shape index (κ1) is 30.0. The number of aryl methyl sites for hydroxylation is 1. The summed E-state index contributed by atoms with van der Waals surface area (Å²) in [5, 5.41) is 3.10. The first-order valence-corrected chi connectivity index (χ1v) is 13.2. The summed E-state index contributed by atoms with van der Waals surface area (Å²) < 4.78 is 5.23. The van der Waals surface area contributed by atoms with Gasteiger partial charge in [0.15, 0.2) is 0 Å². The number of benzene rings is 1. The fourth-order valence-electron chi connectivity index (χ4n) is 3.27. The summed E-state index contributed by atoms with van der Waals surface area (Å²) >= 11 is 0. The van der Waals surface area contributed by atoms with Crippen molar-refractivity contribution in [2.24, 2.45) is 0 Å². The summed E-state index contributed by atoms with van der Waals surface area (Å²) in [6, 6.07) is 7.38. The molecule has 0 saturated heterocycles. The van der Waals surface area contributed by atoms with Crippen LogP contribution in [0.15, 0.2) is 97.3 Å². The van der Waals surface area contributed by atoms with E-state index in [4.69, 9.17) is 4.74 Å². The molecule has 0 spiro atoms. The van der Waals surface area contributed by atoms with Gasteiger partial charge in [0.2, 0.25) is 0 Å². The van der Waals surface area contributed by atoms with Gasteiger partial charge in [0, 0.05) is 6.54 Å². The Balaban J connectivity index is 1.98. The molecule has 0 aliphatic carbocycles. The Hall–Kier alpha value is -3.07. The summed E-state index contributed by atoms with van der Waals surface area (Å²) in [5.74, 6) is -0.293. The van der Waals surface area contributed by atoms with E-state index < -0.39 is 0 Å². The maximum absolute atomic E-state index is 11.9. The van der Waals surface area contributed by atoms with Gasteiger partial charge in [-0.15, -0.1) is 0 Å². The van der Waals surface area contributed by atoms with Crippen molar-refractivity contribution >= 4 is 5.97 Å². The third kappa shape index (κ3) is 19.0. The number of nitrogens with one attached hydrogen (secondary N) is 1. The topological polar surface area (TPSA) is 38.3 Å². The number of carbonyl (C=O) groups is 1. The average molecular weight is 476 g/mol. The Labute approximate surface area is 214 Å². The van der Waals surface area contributed by atoms with Crippen LogP contribution in [0.2, 0.25) is 0 Å². The largest absolute Gasteiger partial charge is 0.460 e. The number of carbonyl (C=O) groups excluding carboxylic acids is 1. The molecule has 0 aromatic heterocycles. The lowest BCUT2D eigenvalue weighted by molar-refractivity contribution is 0.0511. The normalized spacial score (nSPS) is 12.4. The maximum atomic E-state index is 11.9. The molecule has 0 aliphatic rings. The van der Waals surface area contributed by atoms with E-state index in [0.29, 0.717) is 18.7 Å². The second-order valence-corrected chi connectivity index (χ2v) is 8.55. The van der Waals surface area contributed by atoms with Crippen LogP contribution in [0.3, 0.4) is 0 Å². The highest BCUT2D eigenvalue weighted by Gasteiger charge is 2.05. The third-order valence-corrected chi connectivity index (χ3v) is 5.34. The zero-order chi connectivity index (χ0) is 25.2. The van der Waals surface area contributed by atoms with Crippen LogP contribution in [0.4, 0.5) is 0 Å². The minimum atomic E-state index is -0.293. The summed E-state index contributed by atoms with van der Waals surface area (Å²) in [6.07, 6.45) is 36.4. The molecule has 35 heavy (non-hydrogen) atoms. The van der Waals surface area contributed by atoms with Crippen LogP contribution in [0.5, 0.6) is 0 Å². The van der Waals surface area contributed by atoms with Crippen molar-refractivity contribution < 1.29 is 9.53 Å². The second kappa shape index (κ2) is 22.7. The molecule has 0 atom stereocenters. The number of rotatable bonds is 19. The molecule has 0 heterocycles. The Bertz CT molecular complexity index is 826. The van der Waals surface area contributed by atoms with Crippen LogP contribution in [-0.2, 0) is 4.74 Å². The van der Waals surface area contributed by atoms with E-state index in [9.17, 15) is 4.79 Å². The van der Waals surface area contributed by atoms with Gasteiger partial charge in [0.05, 0.1) is 5.56 Å². The molecule has 0 saturated carbocycles. The van der Waals surface area contributed by atoms with E-state index >= 15 is 0 Å². The van der Waals surface area contributed by atoms with Gasteiger partial charge in [-0.2, -0.15) is 0 Å². The van der Waals surface area contributed by atoms with Crippen LogP contribution < -0.4 is 5.32 Å². The van der Waals surface area contributed by atoms with Crippen LogP contribution in [0.1, 0.15) is 80.6 Å². The van der Waals surface area contributed by atoms with Crippen molar-refractivity contribution in [3.8, 4) is 0 Å². The lowest BCUT2D eigenvalue weighted by Crippen LogP contribution is -2.16. The second-order valence-electron chi connectivity index (χ2n) is 8.55. The van der Waals surface area contributed by atoms with Crippen LogP contribution in [0, 0.1) is 6.92 Å². The van der Waals surface area contributed by atoms with Gasteiger partial charge in [-0.3, -0.25) is 0 Å². The fraction of sp³-hybridized carbons (Fsp3) is 0.406. The Morgan fingerprint density at radius 1 is 0.743 bits per heavy atom. The van der Waals surface area contributed by atoms with Crippen molar-refractivity contribution in [3.63, 3.8) is 0 Å². The van der Waals surface area contributed by atoms with Crippen LogP contribution >= 0.6 is 0 Å². The number of unbranched alkanes of at least 4 members (excludes halogenated alkanes) is 8. The Kier molecular flexibility index (Phi) is 19.4. The molecule has 0 fully saturated rings. The summed E-state index contributed by atoms with van der Waals surface area (Å²) in [4.78, 5) is 11.9. The summed E-state index contributed by atoms with van der Waals surface area (Å²) in [6.45, 7) is 5.15. The van der Waals surface area contributed by atoms with Crippen LogP contribution in [-0.4, -0.2) is 19.1 Å². The van der Waals surface area contributed by atoms with Gasteiger partial charge in [-0.25, -0.2) is 4.79 Å². The average Bonchev–Trinajstić information content (AvgIpc) is 2.87. The van der Waals surface area contributed by atoms with Crippen molar-refractivity contribution in [2.75, 3.05) is 13.2 Å². The first-order chi connectivity index (χ1) is 17.2. The van der Waals surface area contributed by atoms with Gasteiger partial charge in [-0.05, 0) is 44.2 Å². The molecule has 1 aromatic rings. The van der Waals surface area contributed by atoms with E-state index in [0.717, 1.165) is 5.56 Å². The van der Waals surface area contributed by atoms with E-state index in [1.807, 2.05) is 73.9 Å². The molecule has 190 valence electrons. The number of hydrogen-bond donors (Lipinski definition) is 1. The van der Waals surface area contributed by atoms with E-state index in [1.165, 1.54) is 57.8 Å². The molecule has 0 amide bonds. The quantitative estimate of drug-likeness (QED) is 0.124. The van der Waals surface area contributed by atoms with Crippen molar-refractivity contribution in [2.45, 2.75) is 71.6 Å². The van der Waals surface area contributed by atoms with E-state index in [1.54, 1.807) is 12.1 Å². The molecule has 3 heteroatoms. The number of allylic oxidation sites excluding steroid dienone is 11. The van der Waals surface area contributed by atoms with Crippen molar-refractivity contribution in [1.82, 2.24) is 5.32 Å². The number of ether oxygens (including phenoxy) is 1. The molecule has 0 aliphatic heterocycles. The van der Waals surface area contributed by atoms with Gasteiger partial charge in [-0.1, -0.05) is 130 Å². The fourth-order valence-corrected chi connectivity index (χ4v) is 3.27. The van der Waals surface area contributed by atoms with Crippen molar-refractivity contribution in [3.05, 3.63) is 108 Å². The van der Waals surface area contributed by atoms with Crippen molar-refractivity contribution in [1.29, 1.82) is 0 Å². The Morgan fingerprint density at radius 2 is 1.29 bits per heavy atom. The van der Waals surface area contributed by atoms with Crippen LogP contribution in [0.25, 0.3) is 0 Å². The predicted octanol–water partition coefficient (Wildman–Crippen LogP) is 8.57. The highest BCUT2D eigenvalue weighted by Crippen LogP contribution is 2.09. The summed E-state index contributed by atoms with van der Waals surface area (Å²) in [7, 11) is 0. The lowest BCUT2D eigenvalue weighted by Gasteiger charge is -2.05. The molecule has 0 bridgehead atoms. The molecule has 1 aromatic carbocycles. The maximum Gasteiger partial charge on any atom is 0.338 e. The molecule has 0 unspecified atom stereocenters. The summed E-state index contributed by atoms with van der Waals surface area (Å²) in [5.41, 5.74) is 1.70. The van der Waals surface area contributed by atoms with Gasteiger partial charge >= 0.3 is 5.97 Å². The minimum absolute atomic E-state index is 0.293. The highest BCUT2D eigenvalue weighted by atomic mass is 16.5. The molecular weight excluding hydrogens is 430 g/mol. The smallest absolute Gasteiger partial charge is 0.338 e. The van der Waals surface area contributed by atoms with Gasteiger partial charge < -0.3 is 10.1 Å². The zero-order valence-corrected chi connectivity index (χ0v) is 21.8. The molecule has 1 N–H and O–H groups in total. The molecule has 1 rings (SSSR count).